The average Bonchev–Trinajstić information content (AvgIpc) is 1.37. The molecule has 0 aliphatic carbocycles. The number of halogens is 1. The van der Waals surface area contributed by atoms with Gasteiger partial charge in [0, 0.05) is 0 Å². The van der Waals surface area contributed by atoms with Gasteiger partial charge in [0.25, 0.3) is 0 Å². The summed E-state index contributed by atoms with van der Waals surface area (Å²) in [7, 11) is 5.58. The van der Waals surface area contributed by atoms with Crippen molar-refractivity contribution in [3.8, 4) is 0 Å². The summed E-state index contributed by atoms with van der Waals surface area (Å²) in [4.78, 5) is 0. The van der Waals surface area contributed by atoms with E-state index in [1.54, 1.807) is 0 Å². The maximum absolute atomic E-state index is 10.4. The smallest absolute Gasteiger partial charge is 0.0403 e. The lowest BCUT2D eigenvalue weighted by atomic mass is 9.37. The van der Waals surface area contributed by atoms with Crippen molar-refractivity contribution in [1.29, 1.82) is 0 Å². The van der Waals surface area contributed by atoms with E-state index in [4.69, 9.17) is 0 Å². The van der Waals surface area contributed by atoms with Crippen LogP contribution in [0.25, 0.3) is 0 Å². The van der Waals surface area contributed by atoms with Gasteiger partial charge in [0.2, 0.25) is 0 Å². The van der Waals surface area contributed by atoms with Gasteiger partial charge in [-0.1, -0.05) is 0 Å². The molecule has 0 aromatic rings. The van der Waals surface area contributed by atoms with Crippen LogP contribution in [0.15, 0.2) is 0 Å². The van der Waals surface area contributed by atoms with Crippen LogP contribution in [-0.2, 0) is 0 Å². The third kappa shape index (κ3) is 2.12. The zero-order valence-corrected chi connectivity index (χ0v) is 2.11. The summed E-state index contributed by atoms with van der Waals surface area (Å²) in [5.74, 6) is 0. The molecule has 5 radical (unpaired) electrons. The lowest BCUT2D eigenvalue weighted by Gasteiger charge is -1.86. The van der Waals surface area contributed by atoms with E-state index in [2.05, 4.69) is 7.74 Å². The molecule has 0 amide bonds. The molecule has 0 saturated heterocycles. The number of hydrogen-bond acceptors (Lipinski definition) is 0. The topological polar surface area (TPSA) is 0 Å². The minimum absolute atomic E-state index is 0.278. The van der Waals surface area contributed by atoms with Crippen LogP contribution in [0.5, 0.6) is 0 Å². The van der Waals surface area contributed by atoms with E-state index in [1.165, 1.54) is 0 Å². The first-order valence-corrected chi connectivity index (χ1v) is 0.885. The van der Waals surface area contributed by atoms with E-state index in [9.17, 15) is 4.32 Å². The minimum atomic E-state index is 0.278. The first kappa shape index (κ1) is 4.12. The third-order valence-corrected chi connectivity index (χ3v) is 0.0727. The molecule has 0 saturated carbocycles. The predicted molar refractivity (Wildman–Crippen MR) is 18.4 cm³/mol. The van der Waals surface area contributed by atoms with Crippen molar-refractivity contribution in [3.63, 3.8) is 0 Å². The Morgan fingerprint density at radius 1 is 2.00 bits per heavy atom. The fourth-order valence-electron chi connectivity index (χ4n) is 0. The highest BCUT2D eigenvalue weighted by atomic mass is 19.1. The molecule has 0 rings (SSSR count). The Balaban J connectivity index is 1.97. The second kappa shape index (κ2) is 3.12. The van der Waals surface area contributed by atoms with E-state index in [-0.39, 0.29) is 7.45 Å². The first-order valence-electron chi connectivity index (χ1n) is 0.885. The maximum Gasteiger partial charge on any atom is -0.0403 e. The second-order valence-electron chi connectivity index (χ2n) is 0.318. The Labute approximate surface area is 27.7 Å². The van der Waals surface area contributed by atoms with E-state index < -0.39 is 0 Å². The van der Waals surface area contributed by atoms with Gasteiger partial charge in [-0.05, 0) is 7.74 Å². The minimum Gasteiger partial charge on any atom is -0.609 e. The lowest BCUT2D eigenvalue weighted by Crippen LogP contribution is -1.92. The molecule has 0 aliphatic rings. The van der Waals surface area contributed by atoms with Gasteiger partial charge in [-0.2, -0.15) is 14.5 Å². The van der Waals surface area contributed by atoms with Crippen molar-refractivity contribution in [3.05, 3.63) is 0 Å². The van der Waals surface area contributed by atoms with Crippen molar-refractivity contribution >= 4 is 22.2 Å². The molecule has 0 heterocycles. The van der Waals surface area contributed by atoms with E-state index >= 15 is 0 Å². The maximum atomic E-state index is 10.4. The molecule has 0 nitrogen and oxygen atoms in total. The largest absolute Gasteiger partial charge is 0.609 e. The van der Waals surface area contributed by atoms with Crippen LogP contribution in [0.3, 0.4) is 0 Å². The van der Waals surface area contributed by atoms with Crippen molar-refractivity contribution in [2.45, 2.75) is 0 Å². The second-order valence-corrected chi connectivity index (χ2v) is 0.318. The molecule has 0 aliphatic heterocycles. The average molecular weight is 51.4 g/mol. The molecular weight excluding hydrogens is 51.4 g/mol. The van der Waals surface area contributed by atoms with Crippen molar-refractivity contribution in [2.24, 2.45) is 0 Å². The molecule has 0 aromatic carbocycles. The lowest BCUT2D eigenvalue weighted by molar-refractivity contribution is 0.893. The van der Waals surface area contributed by atoms with E-state index in [1.807, 2.05) is 0 Å². The summed E-state index contributed by atoms with van der Waals surface area (Å²) in [5.41, 5.74) is 0. The summed E-state index contributed by atoms with van der Waals surface area (Å²) in [5, 5.41) is 0. The van der Waals surface area contributed by atoms with Gasteiger partial charge in [-0.15, -0.1) is 0 Å². The van der Waals surface area contributed by atoms with Crippen LogP contribution in [0.1, 0.15) is 0 Å². The Hall–Kier alpha value is 0.125. The quantitative estimate of drug-likeness (QED) is 0.345. The molecule has 0 bridgehead atoms. The van der Waals surface area contributed by atoms with E-state index in [0.29, 0.717) is 0 Å². The molecule has 0 atom stereocenters. The van der Waals surface area contributed by atoms with Gasteiger partial charge in [0.1, 0.15) is 0 Å². The Morgan fingerprint density at radius 2 is 2.25 bits per heavy atom. The predicted octanol–water partition coefficient (Wildman–Crippen LogP) is -0.722. The molecule has 4 heavy (non-hydrogen) atoms. The zero-order chi connectivity index (χ0) is 3.41. The standard InChI is InChI=1S/B3F/c1-2-3-4/q-1. The van der Waals surface area contributed by atoms with Gasteiger partial charge in [-0.25, -0.2) is 0 Å². The monoisotopic (exact) mass is 52.0 g/mol. The first-order chi connectivity index (χ1) is 1.91. The molecule has 4 heteroatoms. The SMILES string of the molecule is [B][B][B-]F. The van der Waals surface area contributed by atoms with Gasteiger partial charge in [0.05, 0.1) is 0 Å². The Kier molecular flexibility index (Phi) is 3.22. The number of rotatable bonds is 1. The Bertz CT molecular complexity index is 5.25. The van der Waals surface area contributed by atoms with Gasteiger partial charge < -0.3 is 4.32 Å². The Morgan fingerprint density at radius 3 is 2.25 bits per heavy atom. The van der Waals surface area contributed by atoms with Crippen LogP contribution < -0.4 is 0 Å². The third-order valence-electron chi connectivity index (χ3n) is 0.0727. The number of hydrogen-bond donors (Lipinski definition) is 0. The van der Waals surface area contributed by atoms with Crippen LogP contribution >= 0.6 is 0 Å². The van der Waals surface area contributed by atoms with Crippen LogP contribution in [-0.4, -0.2) is 22.2 Å². The fraction of sp³-hybridized carbons (Fsp3) is 0. The highest BCUT2D eigenvalue weighted by molar-refractivity contribution is 7.21. The molecular formula is B3F-. The van der Waals surface area contributed by atoms with Crippen molar-refractivity contribution < 1.29 is 4.32 Å². The normalized spacial score (nSPS) is 6.25. The van der Waals surface area contributed by atoms with Crippen LogP contribution in [0, 0.1) is 0 Å². The molecule has 0 N–H and O–H groups in total. The summed E-state index contributed by atoms with van der Waals surface area (Å²) in [6, 6.07) is 0. The summed E-state index contributed by atoms with van der Waals surface area (Å²) >= 11 is 0. The van der Waals surface area contributed by atoms with Gasteiger partial charge in [0.15, 0.2) is 0 Å². The van der Waals surface area contributed by atoms with Gasteiger partial charge >= 0.3 is 0 Å². The van der Waals surface area contributed by atoms with E-state index in [0.717, 1.165) is 7.06 Å². The highest BCUT2D eigenvalue weighted by Crippen LogP contribution is 1.42. The highest BCUT2D eigenvalue weighted by Gasteiger charge is 1.42. The molecule has 0 unspecified atom stereocenters. The summed E-state index contributed by atoms with van der Waals surface area (Å²) in [6.07, 6.45) is 0. The molecule has 0 aromatic heterocycles. The summed E-state index contributed by atoms with van der Waals surface area (Å²) < 4.78 is 10.4. The zero-order valence-electron chi connectivity index (χ0n) is 2.11. The summed E-state index contributed by atoms with van der Waals surface area (Å²) in [6.45, 7) is 0. The van der Waals surface area contributed by atoms with Crippen molar-refractivity contribution in [1.82, 2.24) is 0 Å². The molecule has 17 valence electrons. The van der Waals surface area contributed by atoms with Crippen LogP contribution in [0.2, 0.25) is 0 Å². The van der Waals surface area contributed by atoms with Crippen LogP contribution in [0.4, 0.5) is 4.32 Å². The molecule has 0 fully saturated rings. The molecule has 0 spiro atoms. The van der Waals surface area contributed by atoms with Gasteiger partial charge in [-0.3, -0.25) is 0 Å². The fourth-order valence-corrected chi connectivity index (χ4v) is 0. The van der Waals surface area contributed by atoms with Crippen molar-refractivity contribution in [2.75, 3.05) is 0 Å².